The first-order valence-corrected chi connectivity index (χ1v) is 11.6. The second kappa shape index (κ2) is 13.0. The number of aryl methyl sites for hydroxylation is 1. The normalized spacial score (nSPS) is 11.3. The molecule has 0 spiro atoms. The maximum atomic E-state index is 2.34. The summed E-state index contributed by atoms with van der Waals surface area (Å²) in [6, 6.07) is 9.35. The van der Waals surface area contributed by atoms with Crippen LogP contribution in [-0.4, -0.2) is 12.5 Å². The fraction of sp³-hybridized carbons (Fsp3) is 0.714. The minimum absolute atomic E-state index is 0.514. The third-order valence-corrected chi connectivity index (χ3v) is 5.21. The highest BCUT2D eigenvalue weighted by Gasteiger charge is 2.04. The van der Waals surface area contributed by atoms with Crippen LogP contribution in [0.2, 0.25) is 0 Å². The van der Waals surface area contributed by atoms with E-state index in [0.29, 0.717) is 10.9 Å². The molecule has 1 aromatic rings. The number of hydrogen-bond donors (Lipinski definition) is 0. The zero-order valence-electron chi connectivity index (χ0n) is 15.2. The molecule has 0 amide bonds. The highest BCUT2D eigenvalue weighted by molar-refractivity contribution is 7.94. The van der Waals surface area contributed by atoms with Gasteiger partial charge in [0.25, 0.3) is 0 Å². The number of unbranched alkanes of at least 4 members (excludes halogenated alkanes) is 9. The van der Waals surface area contributed by atoms with Crippen molar-refractivity contribution in [1.82, 2.24) is 0 Å². The van der Waals surface area contributed by atoms with Gasteiger partial charge in [0, 0.05) is 5.56 Å². The van der Waals surface area contributed by atoms with Crippen molar-refractivity contribution in [3.63, 3.8) is 0 Å². The highest BCUT2D eigenvalue weighted by Crippen LogP contribution is 2.13. The summed E-state index contributed by atoms with van der Waals surface area (Å²) in [5.41, 5.74) is 3.02. The molecule has 0 aliphatic carbocycles. The van der Waals surface area contributed by atoms with Crippen LogP contribution in [0.3, 0.4) is 0 Å². The molecule has 0 radical (unpaired) electrons. The van der Waals surface area contributed by atoms with Gasteiger partial charge in [-0.2, -0.15) is 0 Å². The summed E-state index contributed by atoms with van der Waals surface area (Å²) >= 11 is 0. The van der Waals surface area contributed by atoms with Gasteiger partial charge in [-0.3, -0.25) is 0 Å². The minimum Gasteiger partial charge on any atom is -0.0654 e. The Morgan fingerprint density at radius 1 is 0.636 bits per heavy atom. The quantitative estimate of drug-likeness (QED) is 0.286. The van der Waals surface area contributed by atoms with Crippen LogP contribution in [0, 0.1) is 0 Å². The molecule has 0 saturated carbocycles. The van der Waals surface area contributed by atoms with Gasteiger partial charge in [0.2, 0.25) is 0 Å². The molecule has 0 unspecified atom stereocenters. The van der Waals surface area contributed by atoms with Crippen molar-refractivity contribution in [2.24, 2.45) is 0 Å². The van der Waals surface area contributed by atoms with Gasteiger partial charge >= 0.3 is 0 Å². The van der Waals surface area contributed by atoms with Crippen molar-refractivity contribution in [3.05, 3.63) is 35.4 Å². The minimum atomic E-state index is 0.514. The van der Waals surface area contributed by atoms with Gasteiger partial charge in [0.1, 0.15) is 5.75 Å². The first kappa shape index (κ1) is 19.6. The lowest BCUT2D eigenvalue weighted by Gasteiger charge is -2.04. The molecular formula is C21H37S+. The first-order chi connectivity index (χ1) is 10.7. The van der Waals surface area contributed by atoms with Crippen molar-refractivity contribution < 1.29 is 0 Å². The molecule has 126 valence electrons. The summed E-state index contributed by atoms with van der Waals surface area (Å²) in [5.74, 6) is 1.23. The Hall–Kier alpha value is -0.430. The summed E-state index contributed by atoms with van der Waals surface area (Å²) in [6.07, 6.45) is 20.1. The smallest absolute Gasteiger partial charge is 0.0654 e. The average molecular weight is 322 g/mol. The molecule has 0 atom stereocenters. The molecule has 1 aromatic carbocycles. The number of hydrogen-bond acceptors (Lipinski definition) is 0. The molecule has 0 aromatic heterocycles. The molecular weight excluding hydrogens is 284 g/mol. The van der Waals surface area contributed by atoms with Gasteiger partial charge < -0.3 is 0 Å². The van der Waals surface area contributed by atoms with Crippen LogP contribution >= 0.6 is 0 Å². The van der Waals surface area contributed by atoms with E-state index < -0.39 is 0 Å². The summed E-state index contributed by atoms with van der Waals surface area (Å²) in [4.78, 5) is 0. The van der Waals surface area contributed by atoms with E-state index in [1.165, 1.54) is 87.5 Å². The van der Waals surface area contributed by atoms with Gasteiger partial charge in [-0.05, 0) is 29.3 Å². The molecule has 1 rings (SSSR count). The van der Waals surface area contributed by atoms with Gasteiger partial charge in [-0.25, -0.2) is 0 Å². The second-order valence-corrected chi connectivity index (χ2v) is 9.14. The van der Waals surface area contributed by atoms with E-state index in [9.17, 15) is 0 Å². The maximum Gasteiger partial charge on any atom is 0.132 e. The maximum absolute atomic E-state index is 2.34. The molecule has 0 bridgehead atoms. The highest BCUT2D eigenvalue weighted by atomic mass is 32.2. The van der Waals surface area contributed by atoms with E-state index >= 15 is 0 Å². The van der Waals surface area contributed by atoms with Crippen LogP contribution in [0.1, 0.15) is 82.3 Å². The predicted molar refractivity (Wildman–Crippen MR) is 105 cm³/mol. The van der Waals surface area contributed by atoms with E-state index in [1.807, 2.05) is 0 Å². The van der Waals surface area contributed by atoms with E-state index in [-0.39, 0.29) is 0 Å². The Bertz CT molecular complexity index is 353. The van der Waals surface area contributed by atoms with Crippen molar-refractivity contribution in [2.45, 2.75) is 83.3 Å². The van der Waals surface area contributed by atoms with Gasteiger partial charge in [0.05, 0.1) is 12.5 Å². The molecule has 0 N–H and O–H groups in total. The monoisotopic (exact) mass is 321 g/mol. The molecule has 0 nitrogen and oxygen atoms in total. The lowest BCUT2D eigenvalue weighted by Crippen LogP contribution is -1.99. The Kier molecular flexibility index (Phi) is 11.6. The average Bonchev–Trinajstić information content (AvgIpc) is 2.50. The Morgan fingerprint density at radius 2 is 1.09 bits per heavy atom. The summed E-state index contributed by atoms with van der Waals surface area (Å²) in [6.45, 7) is 2.29. The Morgan fingerprint density at radius 3 is 1.59 bits per heavy atom. The van der Waals surface area contributed by atoms with E-state index in [4.69, 9.17) is 0 Å². The first-order valence-electron chi connectivity index (χ1n) is 9.34. The van der Waals surface area contributed by atoms with E-state index in [1.54, 1.807) is 0 Å². The van der Waals surface area contributed by atoms with Crippen LogP contribution in [0.5, 0.6) is 0 Å². The lowest BCUT2D eigenvalue weighted by atomic mass is 10.0. The van der Waals surface area contributed by atoms with Crippen molar-refractivity contribution in [1.29, 1.82) is 0 Å². The van der Waals surface area contributed by atoms with Gasteiger partial charge in [0.15, 0.2) is 0 Å². The summed E-state index contributed by atoms with van der Waals surface area (Å²) in [5, 5.41) is 0. The van der Waals surface area contributed by atoms with E-state index in [2.05, 4.69) is 43.7 Å². The van der Waals surface area contributed by atoms with Crippen molar-refractivity contribution in [3.8, 4) is 0 Å². The lowest BCUT2D eigenvalue weighted by molar-refractivity contribution is 0.556. The largest absolute Gasteiger partial charge is 0.132 e. The zero-order chi connectivity index (χ0) is 16.0. The second-order valence-electron chi connectivity index (χ2n) is 6.88. The topological polar surface area (TPSA) is 0 Å². The van der Waals surface area contributed by atoms with Gasteiger partial charge in [-0.15, -0.1) is 0 Å². The van der Waals surface area contributed by atoms with E-state index in [0.717, 1.165) is 0 Å². The summed E-state index contributed by atoms with van der Waals surface area (Å²) in [7, 11) is 0.514. The molecule has 0 heterocycles. The van der Waals surface area contributed by atoms with Crippen molar-refractivity contribution in [2.75, 3.05) is 12.5 Å². The number of benzene rings is 1. The molecule has 0 aliphatic heterocycles. The molecule has 1 heteroatoms. The zero-order valence-corrected chi connectivity index (χ0v) is 16.0. The van der Waals surface area contributed by atoms with Crippen LogP contribution < -0.4 is 0 Å². The molecule has 0 saturated heterocycles. The standard InChI is InChI=1S/C21H37S/c1-4-5-6-7-8-9-10-11-12-13-14-20-15-17-21(18-16-20)19-22(2)3/h15-18H,4-14,19H2,1-3H3/q+1. The number of rotatable bonds is 13. The molecule has 22 heavy (non-hydrogen) atoms. The van der Waals surface area contributed by atoms with Crippen molar-refractivity contribution >= 4 is 10.9 Å². The van der Waals surface area contributed by atoms with Crippen LogP contribution in [0.4, 0.5) is 0 Å². The fourth-order valence-electron chi connectivity index (χ4n) is 2.95. The van der Waals surface area contributed by atoms with Gasteiger partial charge in [-0.1, -0.05) is 89.0 Å². The molecule has 0 fully saturated rings. The Labute approximate surface area is 142 Å². The SMILES string of the molecule is CCCCCCCCCCCCc1ccc(C[S+](C)C)cc1. The molecule has 0 aliphatic rings. The Balaban J connectivity index is 1.98. The fourth-order valence-corrected chi connectivity index (χ4v) is 3.81. The van der Waals surface area contributed by atoms with Crippen LogP contribution in [0.15, 0.2) is 24.3 Å². The van der Waals surface area contributed by atoms with Crippen LogP contribution in [-0.2, 0) is 23.1 Å². The van der Waals surface area contributed by atoms with Crippen LogP contribution in [0.25, 0.3) is 0 Å². The summed E-state index contributed by atoms with van der Waals surface area (Å²) < 4.78 is 0. The predicted octanol–water partition coefficient (Wildman–Crippen LogP) is 6.53. The third-order valence-electron chi connectivity index (χ3n) is 4.30. The third kappa shape index (κ3) is 10.3.